The number of carbonyl (C=O) groups excluding carboxylic acids is 1. The first-order chi connectivity index (χ1) is 16.5. The fraction of sp³-hybridized carbons (Fsp3) is 0.500. The summed E-state index contributed by atoms with van der Waals surface area (Å²) >= 11 is 0. The van der Waals surface area contributed by atoms with Gasteiger partial charge in [-0.2, -0.15) is 0 Å². The van der Waals surface area contributed by atoms with E-state index in [9.17, 15) is 19.4 Å². The topological polar surface area (TPSA) is 128 Å². The fourth-order valence-corrected chi connectivity index (χ4v) is 3.89. The number of rotatable bonds is 8. The molecule has 0 saturated carbocycles. The van der Waals surface area contributed by atoms with Crippen molar-refractivity contribution in [3.05, 3.63) is 36.2 Å². The van der Waals surface area contributed by atoms with E-state index in [0.29, 0.717) is 35.7 Å². The second-order valence-corrected chi connectivity index (χ2v) is 9.74. The lowest BCUT2D eigenvalue weighted by Gasteiger charge is -2.23. The summed E-state index contributed by atoms with van der Waals surface area (Å²) in [5.74, 6) is 0.239. The molecule has 0 aliphatic carbocycles. The molecule has 1 amide bonds. The van der Waals surface area contributed by atoms with Gasteiger partial charge in [-0.1, -0.05) is 0 Å². The van der Waals surface area contributed by atoms with Crippen LogP contribution in [-0.2, 0) is 0 Å². The van der Waals surface area contributed by atoms with Crippen molar-refractivity contribution in [2.45, 2.75) is 58.0 Å². The van der Waals surface area contributed by atoms with Gasteiger partial charge in [-0.3, -0.25) is 9.78 Å². The van der Waals surface area contributed by atoms with Crippen LogP contribution in [-0.4, -0.2) is 79.3 Å². The van der Waals surface area contributed by atoms with Crippen molar-refractivity contribution in [3.8, 4) is 11.4 Å². The molecule has 11 heteroatoms. The highest BCUT2D eigenvalue weighted by atomic mass is 19.1. The maximum absolute atomic E-state index is 14.1. The van der Waals surface area contributed by atoms with Gasteiger partial charge in [-0.25, -0.2) is 13.9 Å². The summed E-state index contributed by atoms with van der Waals surface area (Å²) in [6.07, 6.45) is 1.83. The number of amides is 1. The molecule has 1 saturated heterocycles. The molecule has 35 heavy (non-hydrogen) atoms. The molecule has 1 aliphatic rings. The third-order valence-electron chi connectivity index (χ3n) is 5.90. The Hall–Kier alpha value is -3.31. The van der Waals surface area contributed by atoms with Crippen LogP contribution < -0.4 is 15.5 Å². The van der Waals surface area contributed by atoms with E-state index < -0.39 is 17.7 Å². The summed E-state index contributed by atoms with van der Waals surface area (Å²) in [7, 11) is 0. The quantitative estimate of drug-likeness (QED) is 0.382. The van der Waals surface area contributed by atoms with E-state index in [1.807, 2.05) is 30.9 Å². The minimum absolute atomic E-state index is 0.0237. The molecule has 188 valence electrons. The van der Waals surface area contributed by atoms with Crippen molar-refractivity contribution < 1.29 is 19.4 Å². The number of aliphatic hydroxyl groups excluding tert-OH is 1. The SMILES string of the molecule is CC(C)Nc1cc(-c2cnc3ccc(N4CCC(O)C4)nn23)ncc1C(=O)NCC(F)C(C)(C)O. The summed E-state index contributed by atoms with van der Waals surface area (Å²) in [6, 6.07) is 5.51. The molecule has 0 spiro atoms. The first kappa shape index (κ1) is 24.8. The van der Waals surface area contributed by atoms with Crippen LogP contribution in [0.15, 0.2) is 30.6 Å². The number of alkyl halides is 1. The van der Waals surface area contributed by atoms with Gasteiger partial charge in [-0.15, -0.1) is 5.10 Å². The van der Waals surface area contributed by atoms with Crippen LogP contribution >= 0.6 is 0 Å². The number of carbonyl (C=O) groups is 1. The Kier molecular flexibility index (Phi) is 6.91. The van der Waals surface area contributed by atoms with Crippen LogP contribution in [0.5, 0.6) is 0 Å². The van der Waals surface area contributed by atoms with Crippen LogP contribution in [0, 0.1) is 0 Å². The number of nitrogens with one attached hydrogen (secondary N) is 2. The zero-order valence-electron chi connectivity index (χ0n) is 20.4. The average Bonchev–Trinajstić information content (AvgIpc) is 3.41. The zero-order chi connectivity index (χ0) is 25.3. The normalized spacial score (nSPS) is 17.3. The molecule has 2 unspecified atom stereocenters. The van der Waals surface area contributed by atoms with Crippen LogP contribution in [0.2, 0.25) is 0 Å². The Balaban J connectivity index is 1.64. The van der Waals surface area contributed by atoms with Gasteiger partial charge < -0.3 is 25.7 Å². The number of nitrogens with zero attached hydrogens (tertiary/aromatic N) is 5. The third-order valence-corrected chi connectivity index (χ3v) is 5.90. The lowest BCUT2D eigenvalue weighted by Crippen LogP contribution is -2.42. The molecule has 0 aromatic carbocycles. The minimum Gasteiger partial charge on any atom is -0.391 e. The maximum Gasteiger partial charge on any atom is 0.255 e. The number of hydrogen-bond acceptors (Lipinski definition) is 8. The summed E-state index contributed by atoms with van der Waals surface area (Å²) in [6.45, 7) is 7.53. The first-order valence-electron chi connectivity index (χ1n) is 11.7. The number of pyridine rings is 1. The third kappa shape index (κ3) is 5.51. The average molecular weight is 486 g/mol. The zero-order valence-corrected chi connectivity index (χ0v) is 20.4. The highest BCUT2D eigenvalue weighted by molar-refractivity contribution is 6.00. The van der Waals surface area contributed by atoms with E-state index in [-0.39, 0.29) is 24.3 Å². The molecule has 1 aliphatic heterocycles. The van der Waals surface area contributed by atoms with Gasteiger partial charge in [-0.05, 0) is 52.3 Å². The van der Waals surface area contributed by atoms with Crippen molar-refractivity contribution in [2.24, 2.45) is 0 Å². The minimum atomic E-state index is -1.62. The standard InChI is InChI=1S/C24H32FN7O3/c1-14(2)29-17-9-18(26-10-16(17)23(34)28-12-20(25)24(3,4)35)19-11-27-21-5-6-22(30-32(19)21)31-8-7-15(33)13-31/h5-6,9-11,14-15,20,33,35H,7-8,12-13H2,1-4H3,(H,26,29)(H,28,34). The molecule has 2 atom stereocenters. The molecular formula is C24H32FN7O3. The molecule has 10 nitrogen and oxygen atoms in total. The highest BCUT2D eigenvalue weighted by Gasteiger charge is 2.27. The monoisotopic (exact) mass is 485 g/mol. The molecule has 1 fully saturated rings. The van der Waals surface area contributed by atoms with Gasteiger partial charge in [0.05, 0.1) is 41.4 Å². The number of aromatic nitrogens is 4. The van der Waals surface area contributed by atoms with E-state index in [2.05, 4.69) is 20.6 Å². The highest BCUT2D eigenvalue weighted by Crippen LogP contribution is 2.26. The molecule has 0 bridgehead atoms. The summed E-state index contributed by atoms with van der Waals surface area (Å²) in [5, 5.41) is 30.2. The van der Waals surface area contributed by atoms with Crippen molar-refractivity contribution in [1.82, 2.24) is 24.9 Å². The van der Waals surface area contributed by atoms with Crippen LogP contribution in [0.1, 0.15) is 44.5 Å². The molecule has 3 aromatic heterocycles. The number of halogens is 1. The Morgan fingerprint density at radius 2 is 2.06 bits per heavy atom. The van der Waals surface area contributed by atoms with E-state index >= 15 is 0 Å². The van der Waals surface area contributed by atoms with E-state index in [1.54, 1.807) is 16.8 Å². The molecular weight excluding hydrogens is 453 g/mol. The van der Waals surface area contributed by atoms with Gasteiger partial charge in [0.25, 0.3) is 5.91 Å². The van der Waals surface area contributed by atoms with E-state index in [4.69, 9.17) is 5.10 Å². The first-order valence-corrected chi connectivity index (χ1v) is 11.7. The van der Waals surface area contributed by atoms with Crippen LogP contribution in [0.3, 0.4) is 0 Å². The van der Waals surface area contributed by atoms with Gasteiger partial charge in [0.15, 0.2) is 5.65 Å². The van der Waals surface area contributed by atoms with Gasteiger partial charge in [0.2, 0.25) is 0 Å². The summed E-state index contributed by atoms with van der Waals surface area (Å²) < 4.78 is 15.8. The Morgan fingerprint density at radius 3 is 2.71 bits per heavy atom. The Bertz CT molecular complexity index is 1210. The van der Waals surface area contributed by atoms with Crippen molar-refractivity contribution >= 4 is 23.1 Å². The second kappa shape index (κ2) is 9.74. The summed E-state index contributed by atoms with van der Waals surface area (Å²) in [5.41, 5.74) is 1.09. The molecule has 4 N–H and O–H groups in total. The smallest absolute Gasteiger partial charge is 0.255 e. The number of anilines is 2. The second-order valence-electron chi connectivity index (χ2n) is 9.74. The molecule has 4 rings (SSSR count). The predicted molar refractivity (Wildman–Crippen MR) is 131 cm³/mol. The molecule has 3 aromatic rings. The fourth-order valence-electron chi connectivity index (χ4n) is 3.89. The van der Waals surface area contributed by atoms with Gasteiger partial charge >= 0.3 is 0 Å². The van der Waals surface area contributed by atoms with E-state index in [1.165, 1.54) is 20.0 Å². The number of aliphatic hydroxyl groups is 2. The molecule has 4 heterocycles. The van der Waals surface area contributed by atoms with Gasteiger partial charge in [0.1, 0.15) is 17.7 Å². The Morgan fingerprint density at radius 1 is 1.29 bits per heavy atom. The van der Waals surface area contributed by atoms with Crippen molar-refractivity contribution in [1.29, 1.82) is 0 Å². The molecule has 0 radical (unpaired) electrons. The maximum atomic E-state index is 14.1. The van der Waals surface area contributed by atoms with Crippen LogP contribution in [0.25, 0.3) is 17.0 Å². The number of imidazole rings is 1. The van der Waals surface area contributed by atoms with Gasteiger partial charge in [0, 0.05) is 25.3 Å². The lowest BCUT2D eigenvalue weighted by atomic mass is 10.0. The number of fused-ring (bicyclic) bond motifs is 1. The predicted octanol–water partition coefficient (Wildman–Crippen LogP) is 2.02. The summed E-state index contributed by atoms with van der Waals surface area (Å²) in [4.78, 5) is 23.7. The largest absolute Gasteiger partial charge is 0.391 e. The number of hydrogen-bond donors (Lipinski definition) is 4. The van der Waals surface area contributed by atoms with E-state index in [0.717, 1.165) is 12.4 Å². The van der Waals surface area contributed by atoms with Crippen molar-refractivity contribution in [2.75, 3.05) is 29.9 Å². The van der Waals surface area contributed by atoms with Crippen molar-refractivity contribution in [3.63, 3.8) is 0 Å². The number of β-amino-alcohol motifs (C(OH)–C–C–N with tert-alkyl or cyclic N) is 1. The van der Waals surface area contributed by atoms with Crippen LogP contribution in [0.4, 0.5) is 15.9 Å². The lowest BCUT2D eigenvalue weighted by molar-refractivity contribution is -0.00177. The Labute approximate surface area is 203 Å².